The van der Waals surface area contributed by atoms with Crippen molar-refractivity contribution in [2.24, 2.45) is 11.3 Å². The predicted octanol–water partition coefficient (Wildman–Crippen LogP) is 1.85. The summed E-state index contributed by atoms with van der Waals surface area (Å²) in [6.07, 6.45) is 6.62. The Hall–Kier alpha value is -0.890. The topological polar surface area (TPSA) is 37.3 Å². The number of aliphatic hydroxyl groups excluding tert-OH is 1. The smallest absolute Gasteiger partial charge is 0.181 e. The van der Waals surface area contributed by atoms with Gasteiger partial charge in [0.15, 0.2) is 5.78 Å². The Labute approximate surface area is 84.3 Å². The lowest BCUT2D eigenvalue weighted by atomic mass is 9.61. The molecule has 2 aliphatic rings. The Bertz CT molecular complexity index is 327. The lowest BCUT2D eigenvalue weighted by Crippen LogP contribution is -2.45. The second-order valence-corrected chi connectivity index (χ2v) is 4.55. The third-order valence-corrected chi connectivity index (χ3v) is 3.86. The van der Waals surface area contributed by atoms with Gasteiger partial charge in [0.1, 0.15) is 0 Å². The second kappa shape index (κ2) is 3.06. The molecule has 2 heteroatoms. The van der Waals surface area contributed by atoms with Crippen LogP contribution in [-0.4, -0.2) is 17.0 Å². The monoisotopic (exact) mass is 192 g/mol. The van der Waals surface area contributed by atoms with Gasteiger partial charge in [-0.1, -0.05) is 26.0 Å². The summed E-state index contributed by atoms with van der Waals surface area (Å²) in [6.45, 7) is 4.11. The van der Waals surface area contributed by atoms with Gasteiger partial charge in [0, 0.05) is 11.0 Å². The van der Waals surface area contributed by atoms with E-state index in [0.717, 1.165) is 18.4 Å². The molecule has 76 valence electrons. The van der Waals surface area contributed by atoms with Crippen LogP contribution < -0.4 is 0 Å². The number of fused-ring (bicyclic) bond motifs is 1. The van der Waals surface area contributed by atoms with Crippen LogP contribution in [0.1, 0.15) is 26.7 Å². The molecule has 0 radical (unpaired) electrons. The Morgan fingerprint density at radius 3 is 2.93 bits per heavy atom. The minimum absolute atomic E-state index is 0.0735. The van der Waals surface area contributed by atoms with Crippen molar-refractivity contribution in [1.82, 2.24) is 0 Å². The molecule has 0 spiro atoms. The molecule has 0 aromatic rings. The van der Waals surface area contributed by atoms with Gasteiger partial charge >= 0.3 is 0 Å². The molecular formula is C12H16O2. The van der Waals surface area contributed by atoms with Crippen molar-refractivity contribution in [3.63, 3.8) is 0 Å². The van der Waals surface area contributed by atoms with Gasteiger partial charge in [0.05, 0.1) is 6.10 Å². The molecule has 0 aliphatic heterocycles. The maximum atomic E-state index is 11.7. The third kappa shape index (κ3) is 1.10. The van der Waals surface area contributed by atoms with Crippen LogP contribution in [0.15, 0.2) is 23.8 Å². The summed E-state index contributed by atoms with van der Waals surface area (Å²) in [4.78, 5) is 11.7. The summed E-state index contributed by atoms with van der Waals surface area (Å²) in [6, 6.07) is 0. The van der Waals surface area contributed by atoms with Gasteiger partial charge < -0.3 is 5.11 Å². The number of carbonyl (C=O) groups excluding carboxylic acids is 1. The average molecular weight is 192 g/mol. The zero-order valence-electron chi connectivity index (χ0n) is 8.66. The molecule has 0 amide bonds. The van der Waals surface area contributed by atoms with Crippen molar-refractivity contribution in [1.29, 1.82) is 0 Å². The fraction of sp³-hybridized carbons (Fsp3) is 0.583. The first-order valence-corrected chi connectivity index (χ1v) is 5.18. The molecule has 0 saturated heterocycles. The number of carbonyl (C=O) groups is 1. The van der Waals surface area contributed by atoms with E-state index < -0.39 is 6.10 Å². The van der Waals surface area contributed by atoms with Crippen molar-refractivity contribution < 1.29 is 9.90 Å². The van der Waals surface area contributed by atoms with Gasteiger partial charge in [-0.05, 0) is 24.8 Å². The largest absolute Gasteiger partial charge is 0.388 e. The molecule has 3 atom stereocenters. The number of rotatable bonds is 0. The number of aliphatic hydroxyl groups is 1. The Balaban J connectivity index is 2.52. The molecule has 2 rings (SSSR count). The summed E-state index contributed by atoms with van der Waals surface area (Å²) in [7, 11) is 0. The van der Waals surface area contributed by atoms with E-state index in [9.17, 15) is 9.90 Å². The third-order valence-electron chi connectivity index (χ3n) is 3.86. The second-order valence-electron chi connectivity index (χ2n) is 4.55. The van der Waals surface area contributed by atoms with Crippen molar-refractivity contribution in [2.45, 2.75) is 32.8 Å². The molecule has 0 aromatic carbocycles. The highest BCUT2D eigenvalue weighted by molar-refractivity contribution is 6.06. The Morgan fingerprint density at radius 1 is 1.57 bits per heavy atom. The Morgan fingerprint density at radius 2 is 2.29 bits per heavy atom. The molecule has 0 aromatic heterocycles. The van der Waals surface area contributed by atoms with Crippen LogP contribution in [0.4, 0.5) is 0 Å². The van der Waals surface area contributed by atoms with E-state index in [1.54, 1.807) is 6.08 Å². The van der Waals surface area contributed by atoms with Crippen molar-refractivity contribution in [2.75, 3.05) is 0 Å². The quantitative estimate of drug-likeness (QED) is 0.636. The summed E-state index contributed by atoms with van der Waals surface area (Å²) in [5, 5.41) is 9.97. The minimum Gasteiger partial charge on any atom is -0.388 e. The Kier molecular flexibility index (Phi) is 2.11. The molecule has 2 aliphatic carbocycles. The van der Waals surface area contributed by atoms with E-state index in [-0.39, 0.29) is 11.2 Å². The van der Waals surface area contributed by atoms with Gasteiger partial charge in [-0.2, -0.15) is 0 Å². The molecule has 14 heavy (non-hydrogen) atoms. The fourth-order valence-electron chi connectivity index (χ4n) is 2.55. The number of ketones is 1. The fourth-order valence-corrected chi connectivity index (χ4v) is 2.55. The first-order chi connectivity index (χ1) is 6.56. The van der Waals surface area contributed by atoms with E-state index in [2.05, 4.69) is 6.92 Å². The highest BCUT2D eigenvalue weighted by Gasteiger charge is 2.46. The van der Waals surface area contributed by atoms with Crippen LogP contribution >= 0.6 is 0 Å². The number of hydrogen-bond acceptors (Lipinski definition) is 2. The van der Waals surface area contributed by atoms with Crippen LogP contribution in [0.3, 0.4) is 0 Å². The summed E-state index contributed by atoms with van der Waals surface area (Å²) in [5.74, 6) is 0.441. The molecular weight excluding hydrogens is 176 g/mol. The summed E-state index contributed by atoms with van der Waals surface area (Å²) >= 11 is 0. The molecule has 0 bridgehead atoms. The minimum atomic E-state index is -0.512. The standard InChI is InChI=1S/C12H16O2/c1-8-4-3-5-9-10(13)6-7-11(14)12(8,9)2/h5-8,11,14H,3-4H2,1-2H3/t8-,11-,12+/m1/s1. The van der Waals surface area contributed by atoms with E-state index in [4.69, 9.17) is 0 Å². The van der Waals surface area contributed by atoms with Crippen LogP contribution in [0.25, 0.3) is 0 Å². The van der Waals surface area contributed by atoms with Gasteiger partial charge in [0.2, 0.25) is 0 Å². The van der Waals surface area contributed by atoms with Gasteiger partial charge in [-0.3, -0.25) is 4.79 Å². The highest BCUT2D eigenvalue weighted by atomic mass is 16.3. The van der Waals surface area contributed by atoms with Crippen LogP contribution in [-0.2, 0) is 4.79 Å². The SMILES string of the molecule is C[C@@H]1CCC=C2C(=O)C=C[C@@H](O)[C@]21C. The summed E-state index contributed by atoms with van der Waals surface area (Å²) < 4.78 is 0. The zero-order valence-corrected chi connectivity index (χ0v) is 8.66. The molecule has 0 fully saturated rings. The first-order valence-electron chi connectivity index (χ1n) is 5.18. The zero-order chi connectivity index (χ0) is 10.3. The summed E-state index contributed by atoms with van der Waals surface area (Å²) in [5.41, 5.74) is 0.454. The number of hydrogen-bond donors (Lipinski definition) is 1. The van der Waals surface area contributed by atoms with E-state index in [0.29, 0.717) is 5.92 Å². The maximum absolute atomic E-state index is 11.7. The van der Waals surface area contributed by atoms with E-state index in [1.165, 1.54) is 6.08 Å². The lowest BCUT2D eigenvalue weighted by molar-refractivity contribution is -0.114. The highest BCUT2D eigenvalue weighted by Crippen LogP contribution is 2.47. The average Bonchev–Trinajstić information content (AvgIpc) is 2.16. The number of allylic oxidation sites excluding steroid dienone is 2. The molecule has 1 N–H and O–H groups in total. The van der Waals surface area contributed by atoms with Crippen molar-refractivity contribution in [3.05, 3.63) is 23.8 Å². The van der Waals surface area contributed by atoms with E-state index >= 15 is 0 Å². The van der Waals surface area contributed by atoms with Crippen LogP contribution in [0.5, 0.6) is 0 Å². The normalized spacial score (nSPS) is 41.9. The van der Waals surface area contributed by atoms with Crippen molar-refractivity contribution >= 4 is 5.78 Å². The van der Waals surface area contributed by atoms with Gasteiger partial charge in [0.25, 0.3) is 0 Å². The van der Waals surface area contributed by atoms with Crippen LogP contribution in [0, 0.1) is 11.3 Å². The van der Waals surface area contributed by atoms with Crippen LogP contribution in [0.2, 0.25) is 0 Å². The molecule has 0 heterocycles. The van der Waals surface area contributed by atoms with Crippen molar-refractivity contribution in [3.8, 4) is 0 Å². The van der Waals surface area contributed by atoms with Gasteiger partial charge in [-0.15, -0.1) is 0 Å². The maximum Gasteiger partial charge on any atom is 0.181 e. The molecule has 0 unspecified atom stereocenters. The first kappa shape index (κ1) is 9.66. The molecule has 0 saturated carbocycles. The van der Waals surface area contributed by atoms with Gasteiger partial charge in [-0.25, -0.2) is 0 Å². The lowest BCUT2D eigenvalue weighted by Gasteiger charge is -2.44. The molecule has 2 nitrogen and oxygen atoms in total. The van der Waals surface area contributed by atoms with E-state index in [1.807, 2.05) is 13.0 Å². The predicted molar refractivity (Wildman–Crippen MR) is 54.7 cm³/mol.